The summed E-state index contributed by atoms with van der Waals surface area (Å²) in [7, 11) is 0. The number of carbonyl (C=O) groups is 1. The van der Waals surface area contributed by atoms with Crippen LogP contribution in [0.3, 0.4) is 0 Å². The lowest BCUT2D eigenvalue weighted by Gasteiger charge is -2.18. The predicted molar refractivity (Wildman–Crippen MR) is 81.5 cm³/mol. The molecule has 0 fully saturated rings. The van der Waals surface area contributed by atoms with Gasteiger partial charge in [-0.2, -0.15) is 4.99 Å². The molecule has 0 saturated carbocycles. The molecule has 0 unspecified atom stereocenters. The number of hydrogen-bond donors (Lipinski definition) is 2. The number of rotatable bonds is 5. The number of nitrogens with zero attached hydrogens (tertiary/aromatic N) is 1. The molecule has 0 aliphatic heterocycles. The Morgan fingerprint density at radius 3 is 1.86 bits per heavy atom. The van der Waals surface area contributed by atoms with Gasteiger partial charge in [0.15, 0.2) is 5.96 Å². The summed E-state index contributed by atoms with van der Waals surface area (Å²) in [5, 5.41) is 0. The van der Waals surface area contributed by atoms with E-state index in [4.69, 9.17) is 16.2 Å². The van der Waals surface area contributed by atoms with Crippen molar-refractivity contribution in [2.45, 2.75) is 6.10 Å². The molecule has 2 rings (SSSR count). The summed E-state index contributed by atoms with van der Waals surface area (Å²) in [5.74, 6) is -0.772. The molecule has 5 heteroatoms. The average molecular weight is 283 g/mol. The summed E-state index contributed by atoms with van der Waals surface area (Å²) in [5.41, 5.74) is 12.3. The van der Waals surface area contributed by atoms with Gasteiger partial charge in [0.25, 0.3) is 5.91 Å². The van der Waals surface area contributed by atoms with Gasteiger partial charge >= 0.3 is 0 Å². The molecular weight excluding hydrogens is 266 g/mol. The minimum absolute atomic E-state index is 0.188. The summed E-state index contributed by atoms with van der Waals surface area (Å²) in [4.78, 5) is 15.0. The highest BCUT2D eigenvalue weighted by Gasteiger charge is 2.15. The summed E-state index contributed by atoms with van der Waals surface area (Å²) in [6.45, 7) is -0.188. The van der Waals surface area contributed by atoms with Gasteiger partial charge in [-0.25, -0.2) is 0 Å². The van der Waals surface area contributed by atoms with Crippen molar-refractivity contribution in [1.29, 1.82) is 0 Å². The van der Waals surface area contributed by atoms with E-state index in [0.29, 0.717) is 0 Å². The van der Waals surface area contributed by atoms with Gasteiger partial charge in [0.1, 0.15) is 12.7 Å². The molecule has 21 heavy (non-hydrogen) atoms. The molecule has 2 aromatic rings. The first-order chi connectivity index (χ1) is 10.2. The van der Waals surface area contributed by atoms with Crippen LogP contribution in [-0.4, -0.2) is 18.5 Å². The standard InChI is InChI=1S/C16H17N3O2/c17-16(18)19-14(20)11-21-15(12-7-3-1-4-8-12)13-9-5-2-6-10-13/h1-10,15H,11H2,(H4,17,18,19,20). The van der Waals surface area contributed by atoms with Gasteiger partial charge in [-0.3, -0.25) is 4.79 Å². The Hall–Kier alpha value is -2.66. The number of guanidine groups is 1. The zero-order valence-electron chi connectivity index (χ0n) is 11.5. The van der Waals surface area contributed by atoms with Crippen LogP contribution in [0, 0.1) is 0 Å². The Kier molecular flexibility index (Phi) is 5.06. The number of benzene rings is 2. The van der Waals surface area contributed by atoms with Crippen LogP contribution in [0.1, 0.15) is 17.2 Å². The van der Waals surface area contributed by atoms with Crippen molar-refractivity contribution in [3.05, 3.63) is 71.8 Å². The third-order valence-electron chi connectivity index (χ3n) is 2.83. The van der Waals surface area contributed by atoms with Gasteiger partial charge in [0.05, 0.1) is 0 Å². The van der Waals surface area contributed by atoms with E-state index in [1.54, 1.807) is 0 Å². The monoisotopic (exact) mass is 283 g/mol. The van der Waals surface area contributed by atoms with Gasteiger partial charge in [-0.15, -0.1) is 0 Å². The predicted octanol–water partition coefficient (Wildman–Crippen LogP) is 1.59. The van der Waals surface area contributed by atoms with Crippen molar-refractivity contribution in [2.24, 2.45) is 16.5 Å². The first-order valence-corrected chi connectivity index (χ1v) is 6.51. The van der Waals surface area contributed by atoms with Crippen molar-refractivity contribution >= 4 is 11.9 Å². The number of nitrogens with two attached hydrogens (primary N) is 2. The van der Waals surface area contributed by atoms with E-state index in [0.717, 1.165) is 11.1 Å². The number of ether oxygens (including phenoxy) is 1. The highest BCUT2D eigenvalue weighted by Crippen LogP contribution is 2.25. The largest absolute Gasteiger partial charge is 0.370 e. The van der Waals surface area contributed by atoms with E-state index in [1.807, 2.05) is 60.7 Å². The van der Waals surface area contributed by atoms with E-state index in [9.17, 15) is 4.79 Å². The third-order valence-corrected chi connectivity index (χ3v) is 2.83. The second-order valence-electron chi connectivity index (χ2n) is 4.44. The Balaban J connectivity index is 2.18. The van der Waals surface area contributed by atoms with E-state index in [1.165, 1.54) is 0 Å². The second-order valence-corrected chi connectivity index (χ2v) is 4.44. The number of carbonyl (C=O) groups excluding carboxylic acids is 1. The van der Waals surface area contributed by atoms with Crippen molar-refractivity contribution in [3.8, 4) is 0 Å². The van der Waals surface area contributed by atoms with E-state index in [-0.39, 0.29) is 18.7 Å². The fraction of sp³-hybridized carbons (Fsp3) is 0.125. The fourth-order valence-corrected chi connectivity index (χ4v) is 1.97. The first kappa shape index (κ1) is 14.7. The molecule has 2 aromatic carbocycles. The van der Waals surface area contributed by atoms with Gasteiger partial charge in [0, 0.05) is 0 Å². The van der Waals surface area contributed by atoms with Crippen LogP contribution < -0.4 is 11.5 Å². The van der Waals surface area contributed by atoms with Crippen molar-refractivity contribution in [1.82, 2.24) is 0 Å². The van der Waals surface area contributed by atoms with Crippen molar-refractivity contribution < 1.29 is 9.53 Å². The SMILES string of the molecule is NC(N)=NC(=O)COC(c1ccccc1)c1ccccc1. The smallest absolute Gasteiger partial charge is 0.274 e. The minimum atomic E-state index is -0.508. The van der Waals surface area contributed by atoms with E-state index in [2.05, 4.69) is 4.99 Å². The quantitative estimate of drug-likeness (QED) is 0.644. The van der Waals surface area contributed by atoms with Crippen LogP contribution in [0.4, 0.5) is 0 Å². The van der Waals surface area contributed by atoms with Gasteiger partial charge in [-0.05, 0) is 11.1 Å². The van der Waals surface area contributed by atoms with Crippen molar-refractivity contribution in [3.63, 3.8) is 0 Å². The molecule has 0 atom stereocenters. The molecule has 0 saturated heterocycles. The Labute approximate surface area is 123 Å². The van der Waals surface area contributed by atoms with Crippen LogP contribution in [-0.2, 0) is 9.53 Å². The molecular formula is C16H17N3O2. The Morgan fingerprint density at radius 2 is 1.43 bits per heavy atom. The molecule has 5 nitrogen and oxygen atoms in total. The van der Waals surface area contributed by atoms with Crippen molar-refractivity contribution in [2.75, 3.05) is 6.61 Å². The minimum Gasteiger partial charge on any atom is -0.370 e. The maximum atomic E-state index is 11.5. The number of amides is 1. The lowest BCUT2D eigenvalue weighted by molar-refractivity contribution is -0.123. The Bertz CT molecular complexity index is 568. The second kappa shape index (κ2) is 7.21. The van der Waals surface area contributed by atoms with Crippen LogP contribution in [0.5, 0.6) is 0 Å². The van der Waals surface area contributed by atoms with Crippen LogP contribution in [0.15, 0.2) is 65.7 Å². The Morgan fingerprint density at radius 1 is 0.952 bits per heavy atom. The summed E-state index contributed by atoms with van der Waals surface area (Å²) >= 11 is 0. The van der Waals surface area contributed by atoms with Crippen LogP contribution in [0.2, 0.25) is 0 Å². The van der Waals surface area contributed by atoms with E-state index < -0.39 is 5.91 Å². The molecule has 0 heterocycles. The summed E-state index contributed by atoms with van der Waals surface area (Å²) < 4.78 is 5.71. The lowest BCUT2D eigenvalue weighted by atomic mass is 10.0. The zero-order valence-corrected chi connectivity index (χ0v) is 11.5. The van der Waals surface area contributed by atoms with Crippen LogP contribution >= 0.6 is 0 Å². The molecule has 0 spiro atoms. The molecule has 108 valence electrons. The fourth-order valence-electron chi connectivity index (χ4n) is 1.97. The third kappa shape index (κ3) is 4.43. The number of hydrogen-bond acceptors (Lipinski definition) is 2. The molecule has 0 aliphatic carbocycles. The number of aliphatic imine (C=N–C) groups is 1. The summed E-state index contributed by atoms with van der Waals surface area (Å²) in [6, 6.07) is 19.3. The maximum Gasteiger partial charge on any atom is 0.274 e. The maximum absolute atomic E-state index is 11.5. The lowest BCUT2D eigenvalue weighted by Crippen LogP contribution is -2.25. The topological polar surface area (TPSA) is 90.7 Å². The first-order valence-electron chi connectivity index (χ1n) is 6.51. The molecule has 0 aliphatic rings. The molecule has 4 N–H and O–H groups in total. The zero-order chi connectivity index (χ0) is 15.1. The normalized spacial score (nSPS) is 10.3. The van der Waals surface area contributed by atoms with Gasteiger partial charge in [0.2, 0.25) is 0 Å². The van der Waals surface area contributed by atoms with Gasteiger partial charge < -0.3 is 16.2 Å². The highest BCUT2D eigenvalue weighted by atomic mass is 16.5. The molecule has 0 radical (unpaired) electrons. The summed E-state index contributed by atoms with van der Waals surface area (Å²) in [6.07, 6.45) is -0.342. The molecule has 0 aromatic heterocycles. The highest BCUT2D eigenvalue weighted by molar-refractivity contribution is 5.92. The molecule has 0 bridgehead atoms. The van der Waals surface area contributed by atoms with E-state index >= 15 is 0 Å². The van der Waals surface area contributed by atoms with Gasteiger partial charge in [-0.1, -0.05) is 60.7 Å². The average Bonchev–Trinajstić information content (AvgIpc) is 2.49. The van der Waals surface area contributed by atoms with Crippen LogP contribution in [0.25, 0.3) is 0 Å². The molecule has 1 amide bonds.